The van der Waals surface area contributed by atoms with E-state index in [9.17, 15) is 4.79 Å². The Morgan fingerprint density at radius 1 is 1.36 bits per heavy atom. The van der Waals surface area contributed by atoms with Gasteiger partial charge in [-0.25, -0.2) is 0 Å². The Kier molecular flexibility index (Phi) is 4.68. The highest BCUT2D eigenvalue weighted by molar-refractivity contribution is 6.31. The van der Waals surface area contributed by atoms with Crippen molar-refractivity contribution in [3.63, 3.8) is 0 Å². The molecular formula is C12H15ClO. The number of aldehydes is 1. The fourth-order valence-electron chi connectivity index (χ4n) is 1.42. The molecule has 0 bridgehead atoms. The largest absolute Gasteiger partial charge is 0.303 e. The predicted octanol–water partition coefficient (Wildman–Crippen LogP) is 3.56. The van der Waals surface area contributed by atoms with Crippen molar-refractivity contribution in [3.8, 4) is 0 Å². The molecule has 0 spiro atoms. The Hall–Kier alpha value is -0.820. The summed E-state index contributed by atoms with van der Waals surface area (Å²) in [5.41, 5.74) is 2.43. The lowest BCUT2D eigenvalue weighted by Crippen LogP contribution is -1.87. The van der Waals surface area contributed by atoms with E-state index in [1.54, 1.807) is 0 Å². The van der Waals surface area contributed by atoms with Gasteiger partial charge in [0.1, 0.15) is 6.29 Å². The number of rotatable bonds is 5. The van der Waals surface area contributed by atoms with E-state index in [1.807, 2.05) is 13.0 Å². The first-order chi connectivity index (χ1) is 6.74. The zero-order valence-corrected chi connectivity index (χ0v) is 9.18. The number of carbonyl (C=O) groups excluding carboxylic acids is 1. The molecule has 0 fully saturated rings. The Labute approximate surface area is 90.1 Å². The molecule has 1 aromatic carbocycles. The summed E-state index contributed by atoms with van der Waals surface area (Å²) in [6.07, 6.45) is 4.73. The van der Waals surface area contributed by atoms with E-state index in [4.69, 9.17) is 11.6 Å². The van der Waals surface area contributed by atoms with Crippen molar-refractivity contribution in [2.45, 2.75) is 32.6 Å². The average molecular weight is 211 g/mol. The van der Waals surface area contributed by atoms with Gasteiger partial charge in [0.15, 0.2) is 0 Å². The van der Waals surface area contributed by atoms with Gasteiger partial charge in [-0.3, -0.25) is 0 Å². The van der Waals surface area contributed by atoms with Crippen LogP contribution < -0.4 is 0 Å². The van der Waals surface area contributed by atoms with Crippen molar-refractivity contribution in [1.29, 1.82) is 0 Å². The molecule has 0 aliphatic rings. The zero-order chi connectivity index (χ0) is 10.4. The van der Waals surface area contributed by atoms with Crippen LogP contribution >= 0.6 is 11.6 Å². The van der Waals surface area contributed by atoms with Crippen molar-refractivity contribution in [2.24, 2.45) is 0 Å². The maximum absolute atomic E-state index is 10.1. The van der Waals surface area contributed by atoms with Crippen LogP contribution in [0.1, 0.15) is 30.4 Å². The van der Waals surface area contributed by atoms with Gasteiger partial charge >= 0.3 is 0 Å². The van der Waals surface area contributed by atoms with Crippen LogP contribution in [-0.2, 0) is 11.2 Å². The first-order valence-corrected chi connectivity index (χ1v) is 5.30. The van der Waals surface area contributed by atoms with E-state index in [0.29, 0.717) is 6.42 Å². The van der Waals surface area contributed by atoms with E-state index in [0.717, 1.165) is 36.1 Å². The molecule has 0 radical (unpaired) electrons. The molecule has 1 nitrogen and oxygen atoms in total. The highest BCUT2D eigenvalue weighted by Gasteiger charge is 1.97. The Morgan fingerprint density at radius 3 is 2.79 bits per heavy atom. The predicted molar refractivity (Wildman–Crippen MR) is 59.8 cm³/mol. The summed E-state index contributed by atoms with van der Waals surface area (Å²) >= 11 is 5.92. The van der Waals surface area contributed by atoms with Crippen LogP contribution in [0.15, 0.2) is 18.2 Å². The summed E-state index contributed by atoms with van der Waals surface area (Å²) < 4.78 is 0. The molecule has 0 saturated heterocycles. The molecule has 14 heavy (non-hydrogen) atoms. The van der Waals surface area contributed by atoms with E-state index in [1.165, 1.54) is 5.56 Å². The number of aryl methyl sites for hydroxylation is 2. The van der Waals surface area contributed by atoms with Crippen LogP contribution in [0.5, 0.6) is 0 Å². The summed E-state index contributed by atoms with van der Waals surface area (Å²) in [5.74, 6) is 0. The summed E-state index contributed by atoms with van der Waals surface area (Å²) in [4.78, 5) is 10.1. The van der Waals surface area contributed by atoms with Gasteiger partial charge in [-0.15, -0.1) is 0 Å². The minimum Gasteiger partial charge on any atom is -0.303 e. The lowest BCUT2D eigenvalue weighted by Gasteiger charge is -2.03. The molecule has 0 heterocycles. The number of carbonyl (C=O) groups is 1. The highest BCUT2D eigenvalue weighted by Crippen LogP contribution is 2.17. The quantitative estimate of drug-likeness (QED) is 0.537. The van der Waals surface area contributed by atoms with Crippen molar-refractivity contribution in [3.05, 3.63) is 34.3 Å². The van der Waals surface area contributed by atoms with E-state index >= 15 is 0 Å². The summed E-state index contributed by atoms with van der Waals surface area (Å²) in [5, 5.41) is 0.821. The number of benzene rings is 1. The van der Waals surface area contributed by atoms with Crippen molar-refractivity contribution in [1.82, 2.24) is 0 Å². The lowest BCUT2D eigenvalue weighted by atomic mass is 10.1. The fraction of sp³-hybridized carbons (Fsp3) is 0.417. The smallest absolute Gasteiger partial charge is 0.119 e. The molecule has 0 amide bonds. The normalized spacial score (nSPS) is 10.1. The second-order valence-corrected chi connectivity index (χ2v) is 3.90. The molecule has 0 N–H and O–H groups in total. The zero-order valence-electron chi connectivity index (χ0n) is 8.42. The third-order valence-electron chi connectivity index (χ3n) is 2.26. The molecule has 2 heteroatoms. The fourth-order valence-corrected chi connectivity index (χ4v) is 1.54. The average Bonchev–Trinajstić information content (AvgIpc) is 2.18. The highest BCUT2D eigenvalue weighted by atomic mass is 35.5. The standard InChI is InChI=1S/C12H15ClO/c1-10-9-11(6-7-12(10)13)5-3-2-4-8-14/h6-9H,2-5H2,1H3. The Balaban J connectivity index is 2.43. The van der Waals surface area contributed by atoms with Crippen molar-refractivity contribution < 1.29 is 4.79 Å². The van der Waals surface area contributed by atoms with E-state index in [2.05, 4.69) is 12.1 Å². The first-order valence-electron chi connectivity index (χ1n) is 4.92. The van der Waals surface area contributed by atoms with Gasteiger partial charge in [0, 0.05) is 11.4 Å². The number of unbranched alkanes of at least 4 members (excludes halogenated alkanes) is 2. The molecular weight excluding hydrogens is 196 g/mol. The molecule has 0 saturated carbocycles. The van der Waals surface area contributed by atoms with E-state index in [-0.39, 0.29) is 0 Å². The van der Waals surface area contributed by atoms with Crippen LogP contribution in [0.3, 0.4) is 0 Å². The second kappa shape index (κ2) is 5.82. The third kappa shape index (κ3) is 3.51. The second-order valence-electron chi connectivity index (χ2n) is 3.50. The third-order valence-corrected chi connectivity index (χ3v) is 2.68. The van der Waals surface area contributed by atoms with E-state index < -0.39 is 0 Å². The summed E-state index contributed by atoms with van der Waals surface area (Å²) in [6.45, 7) is 2.01. The Bertz CT molecular complexity index is 307. The minimum atomic E-state index is 0.673. The van der Waals surface area contributed by atoms with Crippen LogP contribution in [0.2, 0.25) is 5.02 Å². The molecule has 0 aliphatic carbocycles. The number of hydrogen-bond donors (Lipinski definition) is 0. The number of halogens is 1. The minimum absolute atomic E-state index is 0.673. The maximum atomic E-state index is 10.1. The lowest BCUT2D eigenvalue weighted by molar-refractivity contribution is -0.107. The summed E-state index contributed by atoms with van der Waals surface area (Å²) in [6, 6.07) is 6.10. The van der Waals surface area contributed by atoms with Crippen LogP contribution in [0.25, 0.3) is 0 Å². The van der Waals surface area contributed by atoms with Gasteiger partial charge in [0.25, 0.3) is 0 Å². The van der Waals surface area contributed by atoms with Gasteiger partial charge in [0.05, 0.1) is 0 Å². The molecule has 1 rings (SSSR count). The monoisotopic (exact) mass is 210 g/mol. The molecule has 0 unspecified atom stereocenters. The summed E-state index contributed by atoms with van der Waals surface area (Å²) in [7, 11) is 0. The molecule has 0 aliphatic heterocycles. The Morgan fingerprint density at radius 2 is 2.14 bits per heavy atom. The first kappa shape index (κ1) is 11.3. The van der Waals surface area contributed by atoms with Crippen LogP contribution in [0, 0.1) is 6.92 Å². The molecule has 0 aromatic heterocycles. The van der Waals surface area contributed by atoms with Gasteiger partial charge in [-0.2, -0.15) is 0 Å². The van der Waals surface area contributed by atoms with Gasteiger partial charge in [-0.05, 0) is 43.4 Å². The molecule has 76 valence electrons. The van der Waals surface area contributed by atoms with Crippen molar-refractivity contribution in [2.75, 3.05) is 0 Å². The van der Waals surface area contributed by atoms with Gasteiger partial charge in [-0.1, -0.05) is 23.7 Å². The number of hydrogen-bond acceptors (Lipinski definition) is 1. The van der Waals surface area contributed by atoms with Gasteiger partial charge in [0.2, 0.25) is 0 Å². The SMILES string of the molecule is Cc1cc(CCCCC=O)ccc1Cl. The maximum Gasteiger partial charge on any atom is 0.119 e. The van der Waals surface area contributed by atoms with Gasteiger partial charge < -0.3 is 4.79 Å². The topological polar surface area (TPSA) is 17.1 Å². The van der Waals surface area contributed by atoms with Crippen LogP contribution in [-0.4, -0.2) is 6.29 Å². The molecule has 1 aromatic rings. The molecule has 0 atom stereocenters. The van der Waals surface area contributed by atoms with Crippen molar-refractivity contribution >= 4 is 17.9 Å². The van der Waals surface area contributed by atoms with Crippen LogP contribution in [0.4, 0.5) is 0 Å².